The summed E-state index contributed by atoms with van der Waals surface area (Å²) in [5.41, 5.74) is 2.81. The third kappa shape index (κ3) is 4.34. The SMILES string of the molecule is C[C@H]1C[C@@H](NC(=O)/C=C/N(C)C)CN(c2ccc(C#N)c3nccnc23)C1. The maximum absolute atomic E-state index is 12.2. The summed E-state index contributed by atoms with van der Waals surface area (Å²) in [6.45, 7) is 3.75. The van der Waals surface area contributed by atoms with E-state index in [0.717, 1.165) is 24.2 Å². The molecular weight excluding hydrogens is 340 g/mol. The average Bonchev–Trinajstić information content (AvgIpc) is 2.65. The maximum atomic E-state index is 12.2. The van der Waals surface area contributed by atoms with Crippen molar-refractivity contribution in [1.29, 1.82) is 5.26 Å². The number of nitrogens with one attached hydrogen (secondary N) is 1. The van der Waals surface area contributed by atoms with E-state index in [1.165, 1.54) is 0 Å². The van der Waals surface area contributed by atoms with Crippen molar-refractivity contribution in [3.05, 3.63) is 42.4 Å². The Bertz CT molecular complexity index is 901. The molecule has 7 nitrogen and oxygen atoms in total. The fraction of sp³-hybridized carbons (Fsp3) is 0.400. The van der Waals surface area contributed by atoms with E-state index in [-0.39, 0.29) is 11.9 Å². The monoisotopic (exact) mass is 364 g/mol. The third-order valence-corrected chi connectivity index (χ3v) is 4.60. The molecule has 0 spiro atoms. The van der Waals surface area contributed by atoms with Crippen molar-refractivity contribution in [3.63, 3.8) is 0 Å². The highest BCUT2D eigenvalue weighted by atomic mass is 16.1. The number of piperidine rings is 1. The van der Waals surface area contributed by atoms with Crippen LogP contribution >= 0.6 is 0 Å². The first-order valence-electron chi connectivity index (χ1n) is 9.02. The van der Waals surface area contributed by atoms with Gasteiger partial charge in [-0.25, -0.2) is 0 Å². The molecule has 3 rings (SSSR count). The molecule has 0 unspecified atom stereocenters. The van der Waals surface area contributed by atoms with Crippen LogP contribution in [0.1, 0.15) is 18.9 Å². The third-order valence-electron chi connectivity index (χ3n) is 4.60. The molecule has 2 atom stereocenters. The van der Waals surface area contributed by atoms with Crippen LogP contribution in [0, 0.1) is 17.2 Å². The Kier molecular flexibility index (Phi) is 5.55. The lowest BCUT2D eigenvalue weighted by Gasteiger charge is -2.38. The van der Waals surface area contributed by atoms with E-state index < -0.39 is 0 Å². The highest BCUT2D eigenvalue weighted by molar-refractivity contribution is 5.92. The zero-order valence-corrected chi connectivity index (χ0v) is 15.9. The van der Waals surface area contributed by atoms with Crippen molar-refractivity contribution in [2.75, 3.05) is 32.1 Å². The molecule has 1 saturated heterocycles. The molecule has 0 bridgehead atoms. The van der Waals surface area contributed by atoms with Gasteiger partial charge in [-0.1, -0.05) is 6.92 Å². The quantitative estimate of drug-likeness (QED) is 0.834. The fourth-order valence-electron chi connectivity index (χ4n) is 3.51. The molecule has 1 aromatic heterocycles. The van der Waals surface area contributed by atoms with Crippen LogP contribution in [0.25, 0.3) is 11.0 Å². The standard InChI is InChI=1S/C20H24N6O/c1-14-10-16(24-18(27)6-9-25(2)3)13-26(12-14)17-5-4-15(11-21)19-20(17)23-8-7-22-19/h4-9,14,16H,10,12-13H2,1-3H3,(H,24,27)/b9-6+/t14-,16+/m0/s1. The predicted molar refractivity (Wildman–Crippen MR) is 105 cm³/mol. The Morgan fingerprint density at radius 2 is 2.04 bits per heavy atom. The number of hydrogen-bond acceptors (Lipinski definition) is 6. The lowest BCUT2D eigenvalue weighted by Crippen LogP contribution is -2.50. The van der Waals surface area contributed by atoms with Gasteiger partial charge in [0.15, 0.2) is 0 Å². The summed E-state index contributed by atoms with van der Waals surface area (Å²) in [6, 6.07) is 5.95. The van der Waals surface area contributed by atoms with Crippen molar-refractivity contribution in [2.45, 2.75) is 19.4 Å². The van der Waals surface area contributed by atoms with Crippen LogP contribution in [0.5, 0.6) is 0 Å². The van der Waals surface area contributed by atoms with Crippen LogP contribution in [0.3, 0.4) is 0 Å². The number of anilines is 1. The van der Waals surface area contributed by atoms with Crippen molar-refractivity contribution in [1.82, 2.24) is 20.2 Å². The van der Waals surface area contributed by atoms with Crippen LogP contribution in [0.2, 0.25) is 0 Å². The molecule has 2 heterocycles. The molecule has 1 aromatic carbocycles. The zero-order chi connectivity index (χ0) is 19.4. The van der Waals surface area contributed by atoms with Gasteiger partial charge in [-0.05, 0) is 24.5 Å². The van der Waals surface area contributed by atoms with Gasteiger partial charge in [-0.2, -0.15) is 5.26 Å². The fourth-order valence-corrected chi connectivity index (χ4v) is 3.51. The second-order valence-electron chi connectivity index (χ2n) is 7.23. The summed E-state index contributed by atoms with van der Waals surface area (Å²) >= 11 is 0. The highest BCUT2D eigenvalue weighted by Crippen LogP contribution is 2.30. The van der Waals surface area contributed by atoms with Crippen LogP contribution in [-0.4, -0.2) is 54.0 Å². The molecule has 1 amide bonds. The normalized spacial score (nSPS) is 19.9. The van der Waals surface area contributed by atoms with E-state index in [4.69, 9.17) is 0 Å². The number of hydrogen-bond donors (Lipinski definition) is 1. The molecule has 1 fully saturated rings. The summed E-state index contributed by atoms with van der Waals surface area (Å²) in [6.07, 6.45) is 7.46. The second kappa shape index (κ2) is 8.04. The van der Waals surface area contributed by atoms with E-state index in [0.29, 0.717) is 23.5 Å². The summed E-state index contributed by atoms with van der Waals surface area (Å²) in [5, 5.41) is 12.4. The first kappa shape index (κ1) is 18.6. The Hall–Kier alpha value is -3.14. The van der Waals surface area contributed by atoms with Gasteiger partial charge in [-0.3, -0.25) is 14.8 Å². The van der Waals surface area contributed by atoms with E-state index in [1.54, 1.807) is 30.7 Å². The first-order valence-corrected chi connectivity index (χ1v) is 9.02. The molecule has 0 aliphatic carbocycles. The lowest BCUT2D eigenvalue weighted by atomic mass is 9.95. The Morgan fingerprint density at radius 3 is 2.74 bits per heavy atom. The molecule has 0 radical (unpaired) electrons. The number of carbonyl (C=O) groups excluding carboxylic acids is 1. The summed E-state index contributed by atoms with van der Waals surface area (Å²) in [4.78, 5) is 25.0. The summed E-state index contributed by atoms with van der Waals surface area (Å²) in [7, 11) is 3.76. The van der Waals surface area contributed by atoms with Crippen LogP contribution in [0.15, 0.2) is 36.8 Å². The minimum Gasteiger partial charge on any atom is -0.383 e. The lowest BCUT2D eigenvalue weighted by molar-refractivity contribution is -0.117. The van der Waals surface area contributed by atoms with Gasteiger partial charge in [0.1, 0.15) is 17.1 Å². The molecule has 1 N–H and O–H groups in total. The molecule has 140 valence electrons. The van der Waals surface area contributed by atoms with Crippen LogP contribution < -0.4 is 10.2 Å². The number of nitriles is 1. The van der Waals surface area contributed by atoms with E-state index >= 15 is 0 Å². The topological polar surface area (TPSA) is 85.2 Å². The molecule has 1 aliphatic heterocycles. The van der Waals surface area contributed by atoms with Gasteiger partial charge in [0.25, 0.3) is 0 Å². The zero-order valence-electron chi connectivity index (χ0n) is 15.9. The van der Waals surface area contributed by atoms with Crippen molar-refractivity contribution >= 4 is 22.6 Å². The number of nitrogens with zero attached hydrogens (tertiary/aromatic N) is 5. The summed E-state index contributed by atoms with van der Waals surface area (Å²) < 4.78 is 0. The van der Waals surface area contributed by atoms with Gasteiger partial charge >= 0.3 is 0 Å². The Morgan fingerprint density at radius 1 is 1.30 bits per heavy atom. The van der Waals surface area contributed by atoms with Crippen molar-refractivity contribution < 1.29 is 4.79 Å². The van der Waals surface area contributed by atoms with Crippen molar-refractivity contribution in [2.24, 2.45) is 5.92 Å². The predicted octanol–water partition coefficient (Wildman–Crippen LogP) is 1.91. The molecule has 0 saturated carbocycles. The van der Waals surface area contributed by atoms with Gasteiger partial charge in [0, 0.05) is 57.9 Å². The summed E-state index contributed by atoms with van der Waals surface area (Å²) in [5.74, 6) is 0.330. The van der Waals surface area contributed by atoms with Crippen LogP contribution in [0.4, 0.5) is 5.69 Å². The average molecular weight is 364 g/mol. The minimum atomic E-state index is -0.0905. The molecule has 1 aliphatic rings. The van der Waals surface area contributed by atoms with Gasteiger partial charge in [-0.15, -0.1) is 0 Å². The highest BCUT2D eigenvalue weighted by Gasteiger charge is 2.27. The Labute approximate surface area is 159 Å². The number of rotatable bonds is 4. The largest absolute Gasteiger partial charge is 0.383 e. The van der Waals surface area contributed by atoms with E-state index in [2.05, 4.69) is 33.2 Å². The smallest absolute Gasteiger partial charge is 0.245 e. The van der Waals surface area contributed by atoms with Gasteiger partial charge in [0.2, 0.25) is 5.91 Å². The van der Waals surface area contributed by atoms with Gasteiger partial charge < -0.3 is 15.1 Å². The van der Waals surface area contributed by atoms with Crippen molar-refractivity contribution in [3.8, 4) is 6.07 Å². The minimum absolute atomic E-state index is 0.0513. The molecule has 27 heavy (non-hydrogen) atoms. The number of amides is 1. The van der Waals surface area contributed by atoms with E-state index in [1.807, 2.05) is 25.1 Å². The molecule has 2 aromatic rings. The Balaban J connectivity index is 1.84. The number of fused-ring (bicyclic) bond motifs is 1. The van der Waals surface area contributed by atoms with E-state index in [9.17, 15) is 10.1 Å². The molecular formula is C20H24N6O. The number of carbonyl (C=O) groups is 1. The first-order chi connectivity index (χ1) is 13.0. The van der Waals surface area contributed by atoms with Crippen LogP contribution in [-0.2, 0) is 4.79 Å². The maximum Gasteiger partial charge on any atom is 0.245 e. The number of aromatic nitrogens is 2. The molecule has 7 heteroatoms. The van der Waals surface area contributed by atoms with Gasteiger partial charge in [0.05, 0.1) is 11.3 Å². The number of benzene rings is 1. The second-order valence-corrected chi connectivity index (χ2v) is 7.23.